The van der Waals surface area contributed by atoms with Gasteiger partial charge in [0.05, 0.1) is 0 Å². The first-order chi connectivity index (χ1) is 8.11. The van der Waals surface area contributed by atoms with Crippen molar-refractivity contribution < 1.29 is 19.5 Å². The summed E-state index contributed by atoms with van der Waals surface area (Å²) >= 11 is 0. The highest BCUT2D eigenvalue weighted by atomic mass is 16.4. The highest BCUT2D eigenvalue weighted by Gasteiger charge is 2.42. The number of carbonyl (C=O) groups is 3. The van der Waals surface area contributed by atoms with E-state index in [1.807, 2.05) is 0 Å². The lowest BCUT2D eigenvalue weighted by molar-refractivity contribution is -0.156. The molecule has 1 saturated carbocycles. The maximum Gasteiger partial charge on any atom is 0.326 e. The van der Waals surface area contributed by atoms with Crippen LogP contribution >= 0.6 is 0 Å². The largest absolute Gasteiger partial charge is 0.480 e. The van der Waals surface area contributed by atoms with E-state index in [-0.39, 0.29) is 30.6 Å². The van der Waals surface area contributed by atoms with Crippen molar-refractivity contribution in [3.63, 3.8) is 0 Å². The molecule has 2 aliphatic rings. The van der Waals surface area contributed by atoms with Gasteiger partial charge in [0.15, 0.2) is 0 Å². The number of carboxylic acid groups (broad SMARTS) is 1. The van der Waals surface area contributed by atoms with Gasteiger partial charge < -0.3 is 5.11 Å². The summed E-state index contributed by atoms with van der Waals surface area (Å²) in [5.41, 5.74) is 0. The van der Waals surface area contributed by atoms with Crippen LogP contribution < -0.4 is 0 Å². The Hall–Kier alpha value is -1.39. The molecule has 17 heavy (non-hydrogen) atoms. The number of nitrogens with zero attached hydrogens (tertiary/aromatic N) is 1. The minimum Gasteiger partial charge on any atom is -0.480 e. The molecule has 1 saturated heterocycles. The van der Waals surface area contributed by atoms with E-state index in [1.165, 1.54) is 0 Å². The van der Waals surface area contributed by atoms with E-state index >= 15 is 0 Å². The minimum absolute atomic E-state index is 0.146. The summed E-state index contributed by atoms with van der Waals surface area (Å²) in [7, 11) is 0. The molecule has 94 valence electrons. The number of hydrogen-bond donors (Lipinski definition) is 1. The summed E-state index contributed by atoms with van der Waals surface area (Å²) in [4.78, 5) is 35.8. The van der Waals surface area contributed by atoms with E-state index in [2.05, 4.69) is 0 Å². The lowest BCUT2D eigenvalue weighted by Gasteiger charge is -2.27. The molecule has 0 aromatic rings. The molecule has 5 heteroatoms. The molecule has 2 amide bonds. The molecule has 1 unspecified atom stereocenters. The van der Waals surface area contributed by atoms with Crippen molar-refractivity contribution in [3.8, 4) is 0 Å². The van der Waals surface area contributed by atoms with Gasteiger partial charge in [-0.3, -0.25) is 14.5 Å². The van der Waals surface area contributed by atoms with Crippen molar-refractivity contribution in [3.05, 3.63) is 0 Å². The number of rotatable bonds is 2. The second-order valence-corrected chi connectivity index (χ2v) is 4.83. The van der Waals surface area contributed by atoms with Crippen molar-refractivity contribution in [2.45, 2.75) is 51.0 Å². The fourth-order valence-corrected chi connectivity index (χ4v) is 2.74. The van der Waals surface area contributed by atoms with Gasteiger partial charge in [-0.15, -0.1) is 0 Å². The van der Waals surface area contributed by atoms with Crippen LogP contribution in [-0.2, 0) is 14.4 Å². The van der Waals surface area contributed by atoms with Crippen LogP contribution in [0.4, 0.5) is 0 Å². The van der Waals surface area contributed by atoms with Crippen LogP contribution in [0.5, 0.6) is 0 Å². The van der Waals surface area contributed by atoms with E-state index in [4.69, 9.17) is 5.11 Å². The van der Waals surface area contributed by atoms with Gasteiger partial charge in [-0.05, 0) is 19.3 Å². The summed E-state index contributed by atoms with van der Waals surface area (Å²) in [5, 5.41) is 9.00. The summed E-state index contributed by atoms with van der Waals surface area (Å²) in [5.74, 6) is -1.81. The van der Waals surface area contributed by atoms with Crippen LogP contribution in [0.2, 0.25) is 0 Å². The van der Waals surface area contributed by atoms with Gasteiger partial charge in [0.25, 0.3) is 0 Å². The number of aliphatic carboxylic acids is 1. The van der Waals surface area contributed by atoms with Crippen molar-refractivity contribution in [2.75, 3.05) is 0 Å². The summed E-state index contributed by atoms with van der Waals surface area (Å²) in [6.07, 6.45) is 5.12. The molecule has 1 aliphatic heterocycles. The van der Waals surface area contributed by atoms with Gasteiger partial charge >= 0.3 is 5.97 Å². The maximum absolute atomic E-state index is 12.2. The van der Waals surface area contributed by atoms with Crippen molar-refractivity contribution in [2.24, 2.45) is 5.92 Å². The fraction of sp³-hybridized carbons (Fsp3) is 0.750. The Kier molecular flexibility index (Phi) is 3.45. The predicted molar refractivity (Wildman–Crippen MR) is 59.1 cm³/mol. The zero-order chi connectivity index (χ0) is 12.4. The Bertz CT molecular complexity index is 346. The number of carbonyl (C=O) groups excluding carboxylic acids is 2. The summed E-state index contributed by atoms with van der Waals surface area (Å²) < 4.78 is 0. The Morgan fingerprint density at radius 2 is 1.76 bits per heavy atom. The average molecular weight is 239 g/mol. The smallest absolute Gasteiger partial charge is 0.326 e. The predicted octanol–water partition coefficient (Wildman–Crippen LogP) is 1.17. The van der Waals surface area contributed by atoms with Gasteiger partial charge in [-0.25, -0.2) is 4.79 Å². The van der Waals surface area contributed by atoms with E-state index in [9.17, 15) is 14.4 Å². The Balaban J connectivity index is 2.10. The van der Waals surface area contributed by atoms with Gasteiger partial charge in [0.1, 0.15) is 6.04 Å². The maximum atomic E-state index is 12.2. The minimum atomic E-state index is -1.07. The topological polar surface area (TPSA) is 74.7 Å². The Morgan fingerprint density at radius 1 is 1.12 bits per heavy atom. The first kappa shape index (κ1) is 12.1. The zero-order valence-electron chi connectivity index (χ0n) is 9.72. The highest BCUT2D eigenvalue weighted by Crippen LogP contribution is 2.29. The van der Waals surface area contributed by atoms with Crippen molar-refractivity contribution in [1.82, 2.24) is 4.90 Å². The molecule has 5 nitrogen and oxygen atoms in total. The molecule has 2 fully saturated rings. The Labute approximate surface area is 99.8 Å². The summed E-state index contributed by atoms with van der Waals surface area (Å²) in [6, 6.07) is -0.933. The van der Waals surface area contributed by atoms with Crippen LogP contribution in [0.25, 0.3) is 0 Å². The van der Waals surface area contributed by atoms with Gasteiger partial charge in [-0.2, -0.15) is 0 Å². The second kappa shape index (κ2) is 4.85. The first-order valence-electron chi connectivity index (χ1n) is 6.20. The van der Waals surface area contributed by atoms with Gasteiger partial charge in [0.2, 0.25) is 11.8 Å². The lowest BCUT2D eigenvalue weighted by Crippen LogP contribution is -2.46. The van der Waals surface area contributed by atoms with Crippen LogP contribution in [0.3, 0.4) is 0 Å². The number of amides is 2. The molecule has 0 spiro atoms. The third kappa shape index (κ3) is 2.33. The third-order valence-electron chi connectivity index (χ3n) is 3.69. The molecule has 0 radical (unpaired) electrons. The molecular weight excluding hydrogens is 222 g/mol. The van der Waals surface area contributed by atoms with Crippen molar-refractivity contribution in [1.29, 1.82) is 0 Å². The molecule has 1 aliphatic carbocycles. The quantitative estimate of drug-likeness (QED) is 0.734. The third-order valence-corrected chi connectivity index (χ3v) is 3.69. The van der Waals surface area contributed by atoms with Crippen LogP contribution in [0, 0.1) is 5.92 Å². The highest BCUT2D eigenvalue weighted by molar-refractivity contribution is 6.02. The van der Waals surface area contributed by atoms with E-state index < -0.39 is 12.0 Å². The molecule has 1 N–H and O–H groups in total. The standard InChI is InChI=1S/C12H17NO4/c14-10-7-6-9(12(16)17)13(10)11(15)8-4-2-1-3-5-8/h8-9H,1-7H2,(H,16,17). The second-order valence-electron chi connectivity index (χ2n) is 4.83. The molecule has 0 bridgehead atoms. The van der Waals surface area contributed by atoms with E-state index in [0.717, 1.165) is 37.0 Å². The van der Waals surface area contributed by atoms with E-state index in [1.54, 1.807) is 0 Å². The zero-order valence-corrected chi connectivity index (χ0v) is 9.72. The average Bonchev–Trinajstić information content (AvgIpc) is 2.71. The van der Waals surface area contributed by atoms with Crippen LogP contribution in [0.1, 0.15) is 44.9 Å². The van der Waals surface area contributed by atoms with Crippen LogP contribution in [-0.4, -0.2) is 33.8 Å². The number of imide groups is 1. The van der Waals surface area contributed by atoms with Gasteiger partial charge in [0, 0.05) is 12.3 Å². The SMILES string of the molecule is O=C(O)C1CCC(=O)N1C(=O)C1CCCCC1. The molecule has 1 heterocycles. The van der Waals surface area contributed by atoms with Crippen molar-refractivity contribution >= 4 is 17.8 Å². The normalized spacial score (nSPS) is 26.2. The number of hydrogen-bond acceptors (Lipinski definition) is 3. The molecule has 2 rings (SSSR count). The Morgan fingerprint density at radius 3 is 2.35 bits per heavy atom. The lowest BCUT2D eigenvalue weighted by atomic mass is 9.88. The molecule has 1 atom stereocenters. The monoisotopic (exact) mass is 239 g/mol. The van der Waals surface area contributed by atoms with E-state index in [0.29, 0.717) is 0 Å². The van der Waals surface area contributed by atoms with Crippen LogP contribution in [0.15, 0.2) is 0 Å². The molecule has 0 aromatic carbocycles. The summed E-state index contributed by atoms with van der Waals surface area (Å²) in [6.45, 7) is 0. The first-order valence-corrected chi connectivity index (χ1v) is 6.20. The number of likely N-dealkylation sites (tertiary alicyclic amines) is 1. The number of carboxylic acids is 1. The molecule has 0 aromatic heterocycles. The fourth-order valence-electron chi connectivity index (χ4n) is 2.74. The molecular formula is C12H17NO4. The van der Waals surface area contributed by atoms with Gasteiger partial charge in [-0.1, -0.05) is 19.3 Å².